The van der Waals surface area contributed by atoms with Gasteiger partial charge in [0.25, 0.3) is 0 Å². The molecule has 0 aliphatic heterocycles. The number of hydrogen-bond acceptors (Lipinski definition) is 8. The Morgan fingerprint density at radius 3 is 2.33 bits per heavy atom. The molecule has 0 saturated heterocycles. The van der Waals surface area contributed by atoms with Gasteiger partial charge in [0.05, 0.1) is 5.39 Å². The van der Waals surface area contributed by atoms with Gasteiger partial charge in [-0.2, -0.15) is 0 Å². The maximum Gasteiger partial charge on any atom is 0.410 e. The molecule has 2 aromatic rings. The predicted molar refractivity (Wildman–Crippen MR) is 170 cm³/mol. The van der Waals surface area contributed by atoms with Crippen LogP contribution in [0, 0.1) is 0 Å². The van der Waals surface area contributed by atoms with Crippen LogP contribution in [0.3, 0.4) is 0 Å². The molecule has 2 heterocycles. The van der Waals surface area contributed by atoms with Crippen LogP contribution in [-0.2, 0) is 20.4 Å². The number of aryl methyl sites for hydroxylation is 1. The fraction of sp³-hybridized carbons (Fsp3) is 0.742. The zero-order chi connectivity index (χ0) is 31.0. The lowest BCUT2D eigenvalue weighted by Crippen LogP contribution is -2.48. The molecule has 9 nitrogen and oxygen atoms in total. The molecule has 0 aromatic carbocycles. The zero-order valence-corrected chi connectivity index (χ0v) is 28.7. The smallest absolute Gasteiger partial charge is 0.410 e. The molecule has 1 saturated carbocycles. The first-order valence-electron chi connectivity index (χ1n) is 15.4. The molecule has 2 atom stereocenters. The highest BCUT2D eigenvalue weighted by atomic mass is 32.1. The molecule has 234 valence electrons. The minimum atomic E-state index is -2.19. The summed E-state index contributed by atoms with van der Waals surface area (Å²) in [5, 5.41) is 0.951. The maximum absolute atomic E-state index is 12.8. The van der Waals surface area contributed by atoms with E-state index >= 15 is 0 Å². The summed E-state index contributed by atoms with van der Waals surface area (Å²) in [6, 6.07) is 0.136. The third-order valence-electron chi connectivity index (χ3n) is 9.09. The molecule has 4 rings (SSSR count). The van der Waals surface area contributed by atoms with Gasteiger partial charge in [-0.3, -0.25) is 4.79 Å². The summed E-state index contributed by atoms with van der Waals surface area (Å²) in [6.07, 6.45) is 6.50. The van der Waals surface area contributed by atoms with Crippen LogP contribution in [0.2, 0.25) is 18.1 Å². The summed E-state index contributed by atoms with van der Waals surface area (Å²) < 4.78 is 18.8. The molecule has 0 radical (unpaired) electrons. The number of primary amides is 1. The van der Waals surface area contributed by atoms with E-state index in [2.05, 4.69) is 43.8 Å². The van der Waals surface area contributed by atoms with E-state index in [1.807, 2.05) is 32.6 Å². The monoisotopic (exact) mass is 618 g/mol. The van der Waals surface area contributed by atoms with Crippen molar-refractivity contribution in [2.45, 2.75) is 141 Å². The van der Waals surface area contributed by atoms with E-state index in [0.717, 1.165) is 48.7 Å². The van der Waals surface area contributed by atoms with Gasteiger partial charge in [-0.15, -0.1) is 11.3 Å². The van der Waals surface area contributed by atoms with Crippen LogP contribution in [0.1, 0.15) is 103 Å². The minimum absolute atomic E-state index is 0.00684. The van der Waals surface area contributed by atoms with E-state index in [1.165, 1.54) is 10.4 Å². The third kappa shape index (κ3) is 7.27. The molecule has 2 aromatic heterocycles. The molecule has 42 heavy (non-hydrogen) atoms. The lowest BCUT2D eigenvalue weighted by Gasteiger charge is -2.39. The van der Waals surface area contributed by atoms with Crippen LogP contribution in [0.25, 0.3) is 10.2 Å². The third-order valence-corrected chi connectivity index (χ3v) is 14.7. The molecule has 2 aliphatic rings. The van der Waals surface area contributed by atoms with Crippen molar-refractivity contribution in [3.8, 4) is 5.88 Å². The van der Waals surface area contributed by atoms with Crippen molar-refractivity contribution < 1.29 is 23.5 Å². The normalized spacial score (nSPS) is 22.1. The number of rotatable bonds is 9. The SMILES string of the molecule is CCN(C(=O)OC(C)(C)C)C1CCC(Oc2ncnc3sc4c(c23)[C@@H](C[C@@H](O[Si](C)(C)C(C)(C)C)C(N)=O)CC4)CC1. The standard InChI is InChI=1S/C31H50N4O5SSi/c1-10-35(29(37)39-30(2,3)4)20-12-14-21(15-13-20)38-27-25-24-19(11-16-23(24)41-28(25)34-18-33-27)17-22(26(32)36)40-42(8,9)31(5,6)7/h18-22H,10-17H2,1-9H3,(H2,32,36)/t19-,20?,21?,22-/m1/s1. The number of amides is 2. The molecule has 1 fully saturated rings. The number of nitrogens with two attached hydrogens (primary N) is 1. The molecule has 0 spiro atoms. The molecule has 11 heteroatoms. The summed E-state index contributed by atoms with van der Waals surface area (Å²) in [4.78, 5) is 38.6. The van der Waals surface area contributed by atoms with Crippen molar-refractivity contribution in [1.82, 2.24) is 14.9 Å². The highest BCUT2D eigenvalue weighted by Crippen LogP contribution is 2.48. The largest absolute Gasteiger partial charge is 0.474 e. The number of ether oxygens (including phenoxy) is 2. The highest BCUT2D eigenvalue weighted by molar-refractivity contribution is 7.19. The first-order valence-corrected chi connectivity index (χ1v) is 19.1. The van der Waals surface area contributed by atoms with Crippen molar-refractivity contribution in [2.24, 2.45) is 5.73 Å². The van der Waals surface area contributed by atoms with Crippen molar-refractivity contribution in [1.29, 1.82) is 0 Å². The second-order valence-electron chi connectivity index (χ2n) is 14.4. The number of fused-ring (bicyclic) bond motifs is 3. The van der Waals surface area contributed by atoms with Crippen molar-refractivity contribution in [2.75, 3.05) is 6.54 Å². The Kier molecular flexibility index (Phi) is 9.64. The number of hydrogen-bond donors (Lipinski definition) is 1. The zero-order valence-electron chi connectivity index (χ0n) is 26.9. The van der Waals surface area contributed by atoms with Gasteiger partial charge in [-0.05, 0) is 102 Å². The fourth-order valence-electron chi connectivity index (χ4n) is 5.87. The number of thiophene rings is 1. The Balaban J connectivity index is 1.49. The maximum atomic E-state index is 12.8. The number of carbonyl (C=O) groups excluding carboxylic acids is 2. The Morgan fingerprint density at radius 1 is 1.10 bits per heavy atom. The Morgan fingerprint density at radius 2 is 1.76 bits per heavy atom. The summed E-state index contributed by atoms with van der Waals surface area (Å²) in [5.74, 6) is 0.352. The van der Waals surface area contributed by atoms with Crippen molar-refractivity contribution >= 4 is 41.9 Å². The summed E-state index contributed by atoms with van der Waals surface area (Å²) in [5.41, 5.74) is 6.58. The summed E-state index contributed by atoms with van der Waals surface area (Å²) >= 11 is 1.70. The topological polar surface area (TPSA) is 117 Å². The van der Waals surface area contributed by atoms with Crippen LogP contribution in [-0.4, -0.2) is 65.6 Å². The Labute approximate surface area is 256 Å². The van der Waals surface area contributed by atoms with Gasteiger partial charge in [-0.25, -0.2) is 14.8 Å². The lowest BCUT2D eigenvalue weighted by molar-refractivity contribution is -0.125. The second kappa shape index (κ2) is 12.4. The van der Waals surface area contributed by atoms with Crippen LogP contribution < -0.4 is 10.5 Å². The highest BCUT2D eigenvalue weighted by Gasteiger charge is 2.42. The van der Waals surface area contributed by atoms with Gasteiger partial charge in [0.2, 0.25) is 11.8 Å². The van der Waals surface area contributed by atoms with E-state index < -0.39 is 25.9 Å². The van der Waals surface area contributed by atoms with Gasteiger partial charge in [0.1, 0.15) is 29.0 Å². The fourth-order valence-corrected chi connectivity index (χ4v) is 8.38. The van der Waals surface area contributed by atoms with Gasteiger partial charge in [0, 0.05) is 17.5 Å². The van der Waals surface area contributed by atoms with Gasteiger partial charge < -0.3 is 24.5 Å². The van der Waals surface area contributed by atoms with E-state index in [4.69, 9.17) is 19.6 Å². The van der Waals surface area contributed by atoms with Crippen LogP contribution in [0.5, 0.6) is 5.88 Å². The summed E-state index contributed by atoms with van der Waals surface area (Å²) in [6.45, 7) is 19.1. The van der Waals surface area contributed by atoms with Crippen molar-refractivity contribution in [3.05, 3.63) is 16.8 Å². The number of carbonyl (C=O) groups is 2. The lowest BCUT2D eigenvalue weighted by atomic mass is 9.91. The second-order valence-corrected chi connectivity index (χ2v) is 20.2. The minimum Gasteiger partial charge on any atom is -0.474 e. The first kappa shape index (κ1) is 32.7. The number of aromatic nitrogens is 2. The Hall–Kier alpha value is -2.24. The molecular formula is C31H50N4O5SSi. The quantitative estimate of drug-likeness (QED) is 0.303. The van der Waals surface area contributed by atoms with E-state index in [-0.39, 0.29) is 29.2 Å². The molecule has 2 aliphatic carbocycles. The van der Waals surface area contributed by atoms with Crippen LogP contribution >= 0.6 is 11.3 Å². The average Bonchev–Trinajstić information content (AvgIpc) is 3.43. The molecule has 0 bridgehead atoms. The summed E-state index contributed by atoms with van der Waals surface area (Å²) in [7, 11) is -2.19. The first-order chi connectivity index (χ1) is 19.5. The molecule has 0 unspecified atom stereocenters. The van der Waals surface area contributed by atoms with Gasteiger partial charge >= 0.3 is 6.09 Å². The Bertz CT molecular complexity index is 1280. The number of nitrogens with zero attached hydrogens (tertiary/aromatic N) is 3. The van der Waals surface area contributed by atoms with Crippen molar-refractivity contribution in [3.63, 3.8) is 0 Å². The van der Waals surface area contributed by atoms with E-state index in [9.17, 15) is 9.59 Å². The van der Waals surface area contributed by atoms with E-state index in [0.29, 0.717) is 18.8 Å². The van der Waals surface area contributed by atoms with Gasteiger partial charge in [-0.1, -0.05) is 20.8 Å². The average molecular weight is 619 g/mol. The van der Waals surface area contributed by atoms with Gasteiger partial charge in [0.15, 0.2) is 8.32 Å². The van der Waals surface area contributed by atoms with Crippen LogP contribution in [0.15, 0.2) is 6.33 Å². The van der Waals surface area contributed by atoms with E-state index in [1.54, 1.807) is 17.7 Å². The molecule has 2 N–H and O–H groups in total. The molecule has 2 amide bonds. The van der Waals surface area contributed by atoms with Crippen LogP contribution in [0.4, 0.5) is 4.79 Å². The predicted octanol–water partition coefficient (Wildman–Crippen LogP) is 6.93. The molecular weight excluding hydrogens is 569 g/mol.